The molecule has 7 heteroatoms. The Morgan fingerprint density at radius 3 is 2.27 bits per heavy atom. The van der Waals surface area contributed by atoms with Crippen molar-refractivity contribution in [2.45, 2.75) is 75.7 Å². The van der Waals surface area contributed by atoms with E-state index in [2.05, 4.69) is 5.32 Å². The number of rotatable bonds is 3. The summed E-state index contributed by atoms with van der Waals surface area (Å²) in [7, 11) is 0. The van der Waals surface area contributed by atoms with Gasteiger partial charge in [-0.15, -0.1) is 0 Å². The van der Waals surface area contributed by atoms with Crippen LogP contribution in [-0.4, -0.2) is 52.9 Å². The predicted molar refractivity (Wildman–Crippen MR) is 76.3 cm³/mol. The Kier molecular flexibility index (Phi) is 5.37. The van der Waals surface area contributed by atoms with Gasteiger partial charge in [0.2, 0.25) is 5.91 Å². The summed E-state index contributed by atoms with van der Waals surface area (Å²) in [5.41, 5.74) is -2.61. The van der Waals surface area contributed by atoms with Gasteiger partial charge in [-0.25, -0.2) is 0 Å². The van der Waals surface area contributed by atoms with Gasteiger partial charge in [0.05, 0.1) is 6.04 Å². The maximum Gasteiger partial charge on any atom is 0.417 e. The Hall–Kier alpha value is -0.820. The number of hydrogen-bond donors (Lipinski definition) is 2. The Morgan fingerprint density at radius 2 is 1.77 bits per heavy atom. The van der Waals surface area contributed by atoms with Gasteiger partial charge in [-0.1, -0.05) is 19.3 Å². The third-order valence-corrected chi connectivity index (χ3v) is 5.03. The lowest BCUT2D eigenvalue weighted by Gasteiger charge is -2.41. The predicted octanol–water partition coefficient (Wildman–Crippen LogP) is 2.21. The van der Waals surface area contributed by atoms with Crippen LogP contribution in [0, 0.1) is 0 Å². The van der Waals surface area contributed by atoms with E-state index >= 15 is 0 Å². The van der Waals surface area contributed by atoms with Crippen LogP contribution in [-0.2, 0) is 4.79 Å². The minimum absolute atomic E-state index is 0.0786. The summed E-state index contributed by atoms with van der Waals surface area (Å²) in [5, 5.41) is 12.7. The molecule has 2 aliphatic rings. The number of nitrogens with one attached hydrogen (secondary N) is 1. The molecule has 0 aromatic heterocycles. The second-order valence-electron chi connectivity index (χ2n) is 6.58. The van der Waals surface area contributed by atoms with Crippen LogP contribution in [0.1, 0.15) is 51.9 Å². The molecule has 0 spiro atoms. The third-order valence-electron chi connectivity index (χ3n) is 5.03. The molecule has 1 aliphatic heterocycles. The maximum absolute atomic E-state index is 12.8. The van der Waals surface area contributed by atoms with Crippen LogP contribution >= 0.6 is 0 Å². The summed E-state index contributed by atoms with van der Waals surface area (Å²) >= 11 is 0. The summed E-state index contributed by atoms with van der Waals surface area (Å²) in [4.78, 5) is 14.0. The first-order chi connectivity index (χ1) is 10.2. The van der Waals surface area contributed by atoms with E-state index in [4.69, 9.17) is 0 Å². The zero-order chi connectivity index (χ0) is 16.4. The molecule has 1 aliphatic carbocycles. The average Bonchev–Trinajstić information content (AvgIpc) is 2.47. The Bertz CT molecular complexity index is 387. The fourth-order valence-electron chi connectivity index (χ4n) is 3.30. The van der Waals surface area contributed by atoms with Crippen molar-refractivity contribution in [1.82, 2.24) is 10.2 Å². The number of alkyl halides is 3. The largest absolute Gasteiger partial charge is 0.417 e. The van der Waals surface area contributed by atoms with E-state index in [-0.39, 0.29) is 37.9 Å². The van der Waals surface area contributed by atoms with Gasteiger partial charge < -0.3 is 10.4 Å². The summed E-state index contributed by atoms with van der Waals surface area (Å²) in [6.45, 7) is 1.88. The molecule has 1 amide bonds. The van der Waals surface area contributed by atoms with E-state index in [0.29, 0.717) is 0 Å². The van der Waals surface area contributed by atoms with Crippen molar-refractivity contribution in [1.29, 1.82) is 0 Å². The SMILES string of the molecule is CC(C(=O)NC1CCCCC1)N1CCC(O)(C(F)(F)F)CC1. The first kappa shape index (κ1) is 17.5. The molecule has 2 fully saturated rings. The van der Waals surface area contributed by atoms with Crippen molar-refractivity contribution in [3.8, 4) is 0 Å². The van der Waals surface area contributed by atoms with Gasteiger partial charge in [0.1, 0.15) is 0 Å². The molecule has 1 heterocycles. The van der Waals surface area contributed by atoms with Crippen molar-refractivity contribution in [2.24, 2.45) is 0 Å². The highest BCUT2D eigenvalue weighted by Gasteiger charge is 2.54. The van der Waals surface area contributed by atoms with Crippen LogP contribution in [0.2, 0.25) is 0 Å². The standard InChI is InChI=1S/C15H25F3N2O2/c1-11(13(21)19-12-5-3-2-4-6-12)20-9-7-14(22,8-10-20)15(16,17)18/h11-12,22H,2-10H2,1H3,(H,19,21). The fraction of sp³-hybridized carbons (Fsp3) is 0.933. The molecule has 0 bridgehead atoms. The van der Waals surface area contributed by atoms with Crippen LogP contribution < -0.4 is 5.32 Å². The van der Waals surface area contributed by atoms with Gasteiger partial charge in [0.15, 0.2) is 5.60 Å². The van der Waals surface area contributed by atoms with Crippen molar-refractivity contribution in [3.63, 3.8) is 0 Å². The molecule has 22 heavy (non-hydrogen) atoms. The smallest absolute Gasteiger partial charge is 0.380 e. The molecule has 0 aromatic rings. The van der Waals surface area contributed by atoms with Gasteiger partial charge >= 0.3 is 6.18 Å². The average molecular weight is 322 g/mol. The molecular weight excluding hydrogens is 297 g/mol. The van der Waals surface area contributed by atoms with Crippen molar-refractivity contribution in [2.75, 3.05) is 13.1 Å². The van der Waals surface area contributed by atoms with Crippen LogP contribution in [0.15, 0.2) is 0 Å². The number of aliphatic hydroxyl groups is 1. The van der Waals surface area contributed by atoms with Gasteiger partial charge in [-0.3, -0.25) is 9.69 Å². The van der Waals surface area contributed by atoms with E-state index < -0.39 is 17.8 Å². The summed E-state index contributed by atoms with van der Waals surface area (Å²) in [6, 6.07) is -0.264. The van der Waals surface area contributed by atoms with Gasteiger partial charge in [-0.05, 0) is 32.6 Å². The van der Waals surface area contributed by atoms with Crippen LogP contribution in [0.4, 0.5) is 13.2 Å². The Morgan fingerprint density at radius 1 is 1.23 bits per heavy atom. The number of nitrogens with zero attached hydrogens (tertiary/aromatic N) is 1. The number of likely N-dealkylation sites (tertiary alicyclic amines) is 1. The van der Waals surface area contributed by atoms with E-state index in [1.54, 1.807) is 11.8 Å². The van der Waals surface area contributed by atoms with Gasteiger partial charge in [0, 0.05) is 19.1 Å². The summed E-state index contributed by atoms with van der Waals surface area (Å²) in [5.74, 6) is -0.121. The first-order valence-electron chi connectivity index (χ1n) is 8.06. The lowest BCUT2D eigenvalue weighted by molar-refractivity contribution is -0.273. The number of carbonyl (C=O) groups is 1. The van der Waals surface area contributed by atoms with Crippen molar-refractivity contribution < 1.29 is 23.1 Å². The zero-order valence-corrected chi connectivity index (χ0v) is 13.0. The molecule has 0 aromatic carbocycles. The normalized spacial score (nSPS) is 25.7. The number of carbonyl (C=O) groups excluding carboxylic acids is 1. The Balaban J connectivity index is 1.83. The van der Waals surface area contributed by atoms with Gasteiger partial charge in [0.25, 0.3) is 0 Å². The number of hydrogen-bond acceptors (Lipinski definition) is 3. The second kappa shape index (κ2) is 6.74. The van der Waals surface area contributed by atoms with Crippen molar-refractivity contribution in [3.05, 3.63) is 0 Å². The molecule has 2 N–H and O–H groups in total. The quantitative estimate of drug-likeness (QED) is 0.838. The number of piperidine rings is 1. The van der Waals surface area contributed by atoms with E-state index in [9.17, 15) is 23.1 Å². The molecule has 1 saturated carbocycles. The van der Waals surface area contributed by atoms with Crippen LogP contribution in [0.3, 0.4) is 0 Å². The molecule has 128 valence electrons. The summed E-state index contributed by atoms with van der Waals surface area (Å²) in [6.07, 6.45) is 0.0216. The summed E-state index contributed by atoms with van der Waals surface area (Å²) < 4.78 is 38.3. The van der Waals surface area contributed by atoms with Gasteiger partial charge in [-0.2, -0.15) is 13.2 Å². The number of amides is 1. The molecule has 1 atom stereocenters. The molecule has 4 nitrogen and oxygen atoms in total. The fourth-order valence-corrected chi connectivity index (χ4v) is 3.30. The highest BCUT2D eigenvalue weighted by Crippen LogP contribution is 2.38. The van der Waals surface area contributed by atoms with E-state index in [1.807, 2.05) is 0 Å². The molecule has 1 saturated heterocycles. The highest BCUT2D eigenvalue weighted by atomic mass is 19.4. The molecular formula is C15H25F3N2O2. The van der Waals surface area contributed by atoms with E-state index in [1.165, 1.54) is 6.42 Å². The second-order valence-corrected chi connectivity index (χ2v) is 6.58. The topological polar surface area (TPSA) is 52.6 Å². The molecule has 0 radical (unpaired) electrons. The highest BCUT2D eigenvalue weighted by molar-refractivity contribution is 5.81. The van der Waals surface area contributed by atoms with Crippen LogP contribution in [0.25, 0.3) is 0 Å². The van der Waals surface area contributed by atoms with E-state index in [0.717, 1.165) is 25.7 Å². The molecule has 1 unspecified atom stereocenters. The van der Waals surface area contributed by atoms with Crippen molar-refractivity contribution >= 4 is 5.91 Å². The lowest BCUT2D eigenvalue weighted by atomic mass is 9.90. The zero-order valence-electron chi connectivity index (χ0n) is 13.0. The number of halogens is 3. The minimum Gasteiger partial charge on any atom is -0.380 e. The minimum atomic E-state index is -4.60. The monoisotopic (exact) mass is 322 g/mol. The third kappa shape index (κ3) is 3.93. The molecule has 2 rings (SSSR count). The Labute approximate surface area is 129 Å². The lowest BCUT2D eigenvalue weighted by Crippen LogP contribution is -2.57. The first-order valence-corrected chi connectivity index (χ1v) is 8.06. The van der Waals surface area contributed by atoms with Crippen LogP contribution in [0.5, 0.6) is 0 Å². The maximum atomic E-state index is 12.8.